The summed E-state index contributed by atoms with van der Waals surface area (Å²) in [6.45, 7) is 6.10. The monoisotopic (exact) mass is 486 g/mol. The Labute approximate surface area is 205 Å². The number of benzene rings is 1. The molecule has 1 aromatic heterocycles. The van der Waals surface area contributed by atoms with Gasteiger partial charge in [-0.15, -0.1) is 5.10 Å². The van der Waals surface area contributed by atoms with E-state index in [2.05, 4.69) is 27.3 Å². The van der Waals surface area contributed by atoms with E-state index in [4.69, 9.17) is 9.47 Å². The highest BCUT2D eigenvalue weighted by molar-refractivity contribution is 5.89. The van der Waals surface area contributed by atoms with Gasteiger partial charge in [0.1, 0.15) is 11.8 Å². The van der Waals surface area contributed by atoms with Crippen LogP contribution in [0.15, 0.2) is 30.5 Å². The van der Waals surface area contributed by atoms with Crippen LogP contribution in [0.3, 0.4) is 0 Å². The third kappa shape index (κ3) is 8.17. The van der Waals surface area contributed by atoms with Gasteiger partial charge in [-0.1, -0.05) is 24.3 Å². The number of anilines is 1. The van der Waals surface area contributed by atoms with Crippen LogP contribution in [0.1, 0.15) is 52.9 Å². The first kappa shape index (κ1) is 26.3. The lowest BCUT2D eigenvalue weighted by Crippen LogP contribution is -2.26. The van der Waals surface area contributed by atoms with E-state index in [1.807, 2.05) is 42.1 Å². The number of nitrogens with zero attached hydrogens (tertiary/aromatic N) is 3. The lowest BCUT2D eigenvalue weighted by atomic mass is 10.0. The van der Waals surface area contributed by atoms with E-state index in [-0.39, 0.29) is 43.0 Å². The second-order valence-electron chi connectivity index (χ2n) is 9.05. The first-order chi connectivity index (χ1) is 16.7. The first-order valence-corrected chi connectivity index (χ1v) is 11.9. The van der Waals surface area contributed by atoms with Crippen molar-refractivity contribution in [1.29, 1.82) is 0 Å². The van der Waals surface area contributed by atoms with Gasteiger partial charge >= 0.3 is 11.9 Å². The first-order valence-electron chi connectivity index (χ1n) is 11.9. The summed E-state index contributed by atoms with van der Waals surface area (Å²) in [5.74, 6) is -0.738. The van der Waals surface area contributed by atoms with Gasteiger partial charge < -0.3 is 19.5 Å². The van der Waals surface area contributed by atoms with Crippen LogP contribution < -0.4 is 5.32 Å². The van der Waals surface area contributed by atoms with Crippen LogP contribution in [0.25, 0.3) is 11.3 Å². The van der Waals surface area contributed by atoms with Crippen molar-refractivity contribution in [1.82, 2.24) is 15.0 Å². The van der Waals surface area contributed by atoms with Crippen LogP contribution in [0, 0.1) is 5.92 Å². The Hall–Kier alpha value is -3.27. The van der Waals surface area contributed by atoms with E-state index in [0.717, 1.165) is 24.1 Å². The van der Waals surface area contributed by atoms with Crippen LogP contribution in [-0.2, 0) is 35.1 Å². The molecular weight excluding hydrogens is 452 g/mol. The largest absolute Gasteiger partial charge is 0.469 e. The standard InChI is InChI=1S/C25H34N4O6/c1-16(14-29-15-22(27-28-29)19-6-5-7-20(13-19)26-18(3)30)23-9-8-21(35-23)12-17(2)34-25(32)11-10-24(31)33-4/h5-7,13,15-17,21,23H,8-12,14H2,1-4H3,(H,26,30)/t16-,17-,21+,23+/m1/s1. The Balaban J connectivity index is 1.46. The van der Waals surface area contributed by atoms with Crippen LogP contribution in [0.5, 0.6) is 0 Å². The Morgan fingerprint density at radius 2 is 1.97 bits per heavy atom. The molecule has 4 atom stereocenters. The predicted molar refractivity (Wildman–Crippen MR) is 128 cm³/mol. The summed E-state index contributed by atoms with van der Waals surface area (Å²) in [6, 6.07) is 7.49. The van der Waals surface area contributed by atoms with Crippen LogP contribution in [-0.4, -0.2) is 58.3 Å². The van der Waals surface area contributed by atoms with Gasteiger partial charge in [-0.3, -0.25) is 19.1 Å². The number of carbonyl (C=O) groups excluding carboxylic acids is 3. The van der Waals surface area contributed by atoms with Gasteiger partial charge in [-0.05, 0) is 31.9 Å². The minimum Gasteiger partial charge on any atom is -0.469 e. The molecule has 10 heteroatoms. The molecule has 190 valence electrons. The van der Waals surface area contributed by atoms with E-state index < -0.39 is 11.9 Å². The van der Waals surface area contributed by atoms with Crippen molar-refractivity contribution in [2.24, 2.45) is 5.92 Å². The normalized spacial score (nSPS) is 19.1. The van der Waals surface area contributed by atoms with Gasteiger partial charge in [0.15, 0.2) is 0 Å². The quantitative estimate of drug-likeness (QED) is 0.480. The molecular formula is C25H34N4O6. The Kier molecular flexibility index (Phi) is 9.36. The molecule has 1 aromatic carbocycles. The summed E-state index contributed by atoms with van der Waals surface area (Å²) in [5, 5.41) is 11.3. The molecule has 10 nitrogen and oxygen atoms in total. The lowest BCUT2D eigenvalue weighted by Gasteiger charge is -2.21. The van der Waals surface area contributed by atoms with Gasteiger partial charge in [0, 0.05) is 37.1 Å². The minimum atomic E-state index is -0.427. The molecule has 0 unspecified atom stereocenters. The van der Waals surface area contributed by atoms with Gasteiger partial charge in [0.25, 0.3) is 0 Å². The number of methoxy groups -OCH3 is 1. The smallest absolute Gasteiger partial charge is 0.306 e. The van der Waals surface area contributed by atoms with Crippen molar-refractivity contribution in [2.45, 2.75) is 77.7 Å². The number of ether oxygens (including phenoxy) is 3. The second kappa shape index (κ2) is 12.4. The number of nitrogens with one attached hydrogen (secondary N) is 1. The molecule has 3 rings (SSSR count). The number of hydrogen-bond acceptors (Lipinski definition) is 8. The average Bonchev–Trinajstić information content (AvgIpc) is 3.47. The summed E-state index contributed by atoms with van der Waals surface area (Å²) < 4.78 is 18.0. The van der Waals surface area contributed by atoms with Gasteiger partial charge in [-0.25, -0.2) is 0 Å². The Bertz CT molecular complexity index is 1020. The van der Waals surface area contributed by atoms with Crippen LogP contribution in [0.4, 0.5) is 5.69 Å². The van der Waals surface area contributed by atoms with Crippen LogP contribution in [0.2, 0.25) is 0 Å². The lowest BCUT2D eigenvalue weighted by molar-refractivity contribution is -0.153. The van der Waals surface area contributed by atoms with Crippen molar-refractivity contribution in [3.05, 3.63) is 30.5 Å². The minimum absolute atomic E-state index is 0.0135. The highest BCUT2D eigenvalue weighted by Crippen LogP contribution is 2.29. The molecule has 1 fully saturated rings. The molecule has 0 spiro atoms. The maximum atomic E-state index is 11.9. The fourth-order valence-electron chi connectivity index (χ4n) is 4.23. The Morgan fingerprint density at radius 1 is 1.20 bits per heavy atom. The topological polar surface area (TPSA) is 122 Å². The molecule has 0 aliphatic carbocycles. The molecule has 0 radical (unpaired) electrons. The zero-order valence-electron chi connectivity index (χ0n) is 20.7. The molecule has 1 aliphatic rings. The second-order valence-corrected chi connectivity index (χ2v) is 9.05. The molecule has 2 aromatic rings. The van der Waals surface area contributed by atoms with Crippen LogP contribution >= 0.6 is 0 Å². The SMILES string of the molecule is COC(=O)CCC(=O)O[C@H](C)C[C@@H]1CC[C@@H]([C@H](C)Cn2cc(-c3cccc(NC(C)=O)c3)nn2)O1. The number of aromatic nitrogens is 3. The highest BCUT2D eigenvalue weighted by atomic mass is 16.5. The fourth-order valence-corrected chi connectivity index (χ4v) is 4.23. The molecule has 0 bridgehead atoms. The van der Waals surface area contributed by atoms with Crippen molar-refractivity contribution in [2.75, 3.05) is 12.4 Å². The maximum absolute atomic E-state index is 11.9. The third-order valence-corrected chi connectivity index (χ3v) is 5.96. The zero-order valence-corrected chi connectivity index (χ0v) is 20.7. The van der Waals surface area contributed by atoms with Crippen molar-refractivity contribution < 1.29 is 28.6 Å². The van der Waals surface area contributed by atoms with Gasteiger partial charge in [0.05, 0.1) is 38.4 Å². The molecule has 35 heavy (non-hydrogen) atoms. The number of hydrogen-bond donors (Lipinski definition) is 1. The van der Waals surface area contributed by atoms with E-state index >= 15 is 0 Å². The summed E-state index contributed by atoms with van der Waals surface area (Å²) in [4.78, 5) is 34.4. The molecule has 1 N–H and O–H groups in total. The van der Waals surface area contributed by atoms with Gasteiger partial charge in [0.2, 0.25) is 5.91 Å². The summed E-state index contributed by atoms with van der Waals surface area (Å²) in [7, 11) is 1.29. The molecule has 2 heterocycles. The maximum Gasteiger partial charge on any atom is 0.306 e. The summed E-state index contributed by atoms with van der Waals surface area (Å²) in [5.41, 5.74) is 2.33. The number of esters is 2. The zero-order chi connectivity index (χ0) is 25.4. The molecule has 1 saturated heterocycles. The average molecular weight is 487 g/mol. The van der Waals surface area contributed by atoms with E-state index in [9.17, 15) is 14.4 Å². The van der Waals surface area contributed by atoms with Crippen molar-refractivity contribution in [3.63, 3.8) is 0 Å². The highest BCUT2D eigenvalue weighted by Gasteiger charge is 2.31. The summed E-state index contributed by atoms with van der Waals surface area (Å²) in [6.07, 6.45) is 4.19. The third-order valence-electron chi connectivity index (χ3n) is 5.96. The van der Waals surface area contributed by atoms with E-state index in [1.165, 1.54) is 14.0 Å². The number of amides is 1. The van der Waals surface area contributed by atoms with E-state index in [1.54, 1.807) is 0 Å². The van der Waals surface area contributed by atoms with Crippen molar-refractivity contribution >= 4 is 23.5 Å². The Morgan fingerprint density at radius 3 is 2.71 bits per heavy atom. The van der Waals surface area contributed by atoms with Gasteiger partial charge in [-0.2, -0.15) is 0 Å². The van der Waals surface area contributed by atoms with Crippen molar-refractivity contribution in [3.8, 4) is 11.3 Å². The predicted octanol–water partition coefficient (Wildman–Crippen LogP) is 3.36. The summed E-state index contributed by atoms with van der Waals surface area (Å²) >= 11 is 0. The van der Waals surface area contributed by atoms with E-state index in [0.29, 0.717) is 18.7 Å². The number of rotatable bonds is 11. The molecule has 1 aliphatic heterocycles. The molecule has 1 amide bonds. The number of carbonyl (C=O) groups is 3. The fraction of sp³-hybridized carbons (Fsp3) is 0.560. The molecule has 0 saturated carbocycles.